The third kappa shape index (κ3) is 7.09. The molecule has 0 radical (unpaired) electrons. The maximum Gasteiger partial charge on any atom is 0.350 e. The minimum Gasteiger partial charge on any atom is -0.492 e. The Morgan fingerprint density at radius 3 is 1.09 bits per heavy atom. The highest BCUT2D eigenvalue weighted by Gasteiger charge is 2.39. The molecule has 0 aromatic heterocycles. The Labute approximate surface area is 271 Å². The molecule has 1 aliphatic heterocycles. The number of carbonyl (C=O) groups is 4. The van der Waals surface area contributed by atoms with Gasteiger partial charge in [0.2, 0.25) is 0 Å². The number of esters is 2. The van der Waals surface area contributed by atoms with E-state index in [0.29, 0.717) is 61.5 Å². The molecule has 1 heterocycles. The fraction of sp³-hybridized carbons (Fsp3) is 0.333. The minimum atomic E-state index is -1.36. The Bertz CT molecular complexity index is 1680. The van der Waals surface area contributed by atoms with Crippen molar-refractivity contribution in [3.63, 3.8) is 0 Å². The fourth-order valence-corrected chi connectivity index (χ4v) is 5.15. The molecule has 1 aliphatic rings. The topological polar surface area (TPSA) is 155 Å². The number of ether oxygens (including phenoxy) is 5. The molecule has 0 bridgehead atoms. The van der Waals surface area contributed by atoms with Crippen molar-refractivity contribution in [3.05, 3.63) is 70.8 Å². The van der Waals surface area contributed by atoms with Crippen LogP contribution in [0.1, 0.15) is 94.8 Å². The molecule has 2 N–H and O–H groups in total. The number of aromatic carboxylic acids is 2. The number of carboxylic acid groups (broad SMARTS) is 2. The molecule has 0 spiro atoms. The SMILES string of the molecule is CCCOc1c(C(=O)O)c(C(=O)O)c(OCCC)c2ccccc12.CCCOc1c2c(c(OCCC)c3ccccc13)C(=O)OC2=O. The Morgan fingerprint density at radius 2 is 0.809 bits per heavy atom. The maximum absolute atomic E-state index is 12.2. The average Bonchev–Trinajstić information content (AvgIpc) is 3.36. The third-order valence-corrected chi connectivity index (χ3v) is 7.06. The summed E-state index contributed by atoms with van der Waals surface area (Å²) >= 11 is 0. The largest absolute Gasteiger partial charge is 0.492 e. The molecule has 4 aromatic rings. The quantitative estimate of drug-likeness (QED) is 0.103. The zero-order valence-corrected chi connectivity index (χ0v) is 26.8. The van der Waals surface area contributed by atoms with Crippen LogP contribution in [-0.2, 0) is 4.74 Å². The van der Waals surface area contributed by atoms with Gasteiger partial charge in [0.05, 0.1) is 26.4 Å². The molecular formula is C36H38O11. The first-order chi connectivity index (χ1) is 22.7. The number of carbonyl (C=O) groups excluding carboxylic acids is 2. The van der Waals surface area contributed by atoms with Crippen LogP contribution in [0, 0.1) is 0 Å². The lowest BCUT2D eigenvalue weighted by molar-refractivity contribution is 0.0440. The van der Waals surface area contributed by atoms with Gasteiger partial charge in [0.15, 0.2) is 0 Å². The molecule has 11 heteroatoms. The second-order valence-electron chi connectivity index (χ2n) is 10.6. The van der Waals surface area contributed by atoms with E-state index in [1.165, 1.54) is 0 Å². The van der Waals surface area contributed by atoms with Gasteiger partial charge >= 0.3 is 23.9 Å². The van der Waals surface area contributed by atoms with Gasteiger partial charge in [-0.2, -0.15) is 0 Å². The normalized spacial score (nSPS) is 11.8. The van der Waals surface area contributed by atoms with Gasteiger partial charge in [-0.25, -0.2) is 19.2 Å². The van der Waals surface area contributed by atoms with Crippen molar-refractivity contribution in [2.45, 2.75) is 53.4 Å². The lowest BCUT2D eigenvalue weighted by Gasteiger charge is -2.18. The number of rotatable bonds is 14. The van der Waals surface area contributed by atoms with Crippen LogP contribution in [0.5, 0.6) is 23.0 Å². The van der Waals surface area contributed by atoms with E-state index in [4.69, 9.17) is 23.7 Å². The van der Waals surface area contributed by atoms with Crippen molar-refractivity contribution in [3.8, 4) is 23.0 Å². The Balaban J connectivity index is 0.000000213. The molecular weight excluding hydrogens is 608 g/mol. The van der Waals surface area contributed by atoms with Crippen LogP contribution >= 0.6 is 0 Å². The minimum absolute atomic E-state index is 0.0706. The lowest BCUT2D eigenvalue weighted by atomic mass is 9.97. The average molecular weight is 647 g/mol. The third-order valence-electron chi connectivity index (χ3n) is 7.06. The first-order valence-corrected chi connectivity index (χ1v) is 15.6. The number of fused-ring (bicyclic) bond motifs is 3. The molecule has 5 rings (SSSR count). The smallest absolute Gasteiger partial charge is 0.350 e. The summed E-state index contributed by atoms with van der Waals surface area (Å²) in [6, 6.07) is 14.3. The molecule has 0 atom stereocenters. The van der Waals surface area contributed by atoms with Crippen LogP contribution in [-0.4, -0.2) is 60.5 Å². The van der Waals surface area contributed by atoms with E-state index in [1.54, 1.807) is 24.3 Å². The zero-order valence-electron chi connectivity index (χ0n) is 26.8. The van der Waals surface area contributed by atoms with Crippen LogP contribution < -0.4 is 18.9 Å². The second kappa shape index (κ2) is 15.8. The van der Waals surface area contributed by atoms with Gasteiger partial charge in [0.25, 0.3) is 0 Å². The number of hydrogen-bond acceptors (Lipinski definition) is 9. The van der Waals surface area contributed by atoms with Gasteiger partial charge in [-0.15, -0.1) is 0 Å². The first kappa shape index (κ1) is 34.6. The molecule has 0 saturated carbocycles. The molecule has 0 aliphatic carbocycles. The highest BCUT2D eigenvalue weighted by atomic mass is 16.6. The molecule has 0 unspecified atom stereocenters. The summed E-state index contributed by atoms with van der Waals surface area (Å²) in [7, 11) is 0. The summed E-state index contributed by atoms with van der Waals surface area (Å²) in [4.78, 5) is 47.9. The number of carboxylic acids is 2. The Morgan fingerprint density at radius 1 is 0.532 bits per heavy atom. The van der Waals surface area contributed by atoms with Gasteiger partial charge in [-0.05, 0) is 25.7 Å². The van der Waals surface area contributed by atoms with Crippen LogP contribution in [0.3, 0.4) is 0 Å². The Hall–Kier alpha value is -5.32. The van der Waals surface area contributed by atoms with Gasteiger partial charge in [-0.1, -0.05) is 76.2 Å². The van der Waals surface area contributed by atoms with E-state index < -0.39 is 23.9 Å². The number of benzene rings is 4. The summed E-state index contributed by atoms with van der Waals surface area (Å²) in [6.07, 6.45) is 2.92. The van der Waals surface area contributed by atoms with E-state index in [9.17, 15) is 29.4 Å². The van der Waals surface area contributed by atoms with E-state index >= 15 is 0 Å². The van der Waals surface area contributed by atoms with Gasteiger partial charge in [-0.3, -0.25) is 0 Å². The summed E-state index contributed by atoms with van der Waals surface area (Å²) in [6.45, 7) is 9.21. The van der Waals surface area contributed by atoms with E-state index in [0.717, 1.165) is 23.6 Å². The summed E-state index contributed by atoms with van der Waals surface area (Å²) < 4.78 is 27.6. The molecule has 0 saturated heterocycles. The number of cyclic esters (lactones) is 2. The molecule has 248 valence electrons. The van der Waals surface area contributed by atoms with Crippen LogP contribution in [0.4, 0.5) is 0 Å². The first-order valence-electron chi connectivity index (χ1n) is 15.6. The monoisotopic (exact) mass is 646 g/mol. The maximum atomic E-state index is 12.2. The van der Waals surface area contributed by atoms with E-state index in [2.05, 4.69) is 0 Å². The van der Waals surface area contributed by atoms with Crippen molar-refractivity contribution in [1.82, 2.24) is 0 Å². The van der Waals surface area contributed by atoms with Gasteiger partial charge in [0, 0.05) is 21.5 Å². The highest BCUT2D eigenvalue weighted by molar-refractivity contribution is 6.22. The standard InChI is InChI=1S/C18H20O6.C18H18O5/c1-3-9-23-15-11-7-5-6-8-12(11)16(24-10-4-2)14(18(21)22)13(15)17(19)20;1-3-9-21-15-11-7-5-6-8-12(11)16(22-10-4-2)14-13(15)17(19)23-18(14)20/h5-8H,3-4,9-10H2,1-2H3,(H,19,20)(H,21,22);5-8H,3-4,9-10H2,1-2H3. The van der Waals surface area contributed by atoms with Crippen molar-refractivity contribution in [2.75, 3.05) is 26.4 Å². The molecule has 4 aromatic carbocycles. The second-order valence-corrected chi connectivity index (χ2v) is 10.6. The van der Waals surface area contributed by atoms with Gasteiger partial charge in [0.1, 0.15) is 45.3 Å². The number of hydrogen-bond donors (Lipinski definition) is 2. The molecule has 47 heavy (non-hydrogen) atoms. The van der Waals surface area contributed by atoms with Crippen LogP contribution in [0.2, 0.25) is 0 Å². The Kier molecular flexibility index (Phi) is 11.6. The highest BCUT2D eigenvalue weighted by Crippen LogP contribution is 2.45. The van der Waals surface area contributed by atoms with Crippen molar-refractivity contribution in [1.29, 1.82) is 0 Å². The fourth-order valence-electron chi connectivity index (χ4n) is 5.15. The molecule has 0 fully saturated rings. The van der Waals surface area contributed by atoms with Gasteiger partial charge < -0.3 is 33.9 Å². The predicted octanol–water partition coefficient (Wildman–Crippen LogP) is 7.54. The zero-order chi connectivity index (χ0) is 34.1. The summed E-state index contributed by atoms with van der Waals surface area (Å²) in [5.41, 5.74) is -0.400. The van der Waals surface area contributed by atoms with Crippen LogP contribution in [0.15, 0.2) is 48.5 Å². The molecule has 0 amide bonds. The van der Waals surface area contributed by atoms with Crippen molar-refractivity contribution >= 4 is 45.4 Å². The summed E-state index contributed by atoms with van der Waals surface area (Å²) in [5.74, 6) is -3.13. The lowest BCUT2D eigenvalue weighted by Crippen LogP contribution is -2.15. The molecule has 11 nitrogen and oxygen atoms in total. The van der Waals surface area contributed by atoms with Crippen LogP contribution in [0.25, 0.3) is 21.5 Å². The van der Waals surface area contributed by atoms with Crippen molar-refractivity contribution < 1.29 is 53.1 Å². The van der Waals surface area contributed by atoms with E-state index in [-0.39, 0.29) is 33.8 Å². The summed E-state index contributed by atoms with van der Waals surface area (Å²) in [5, 5.41) is 21.8. The van der Waals surface area contributed by atoms with E-state index in [1.807, 2.05) is 52.0 Å². The van der Waals surface area contributed by atoms with Crippen molar-refractivity contribution in [2.24, 2.45) is 0 Å². The predicted molar refractivity (Wildman–Crippen MR) is 175 cm³/mol.